The third kappa shape index (κ3) is 2.90. The second-order valence-corrected chi connectivity index (χ2v) is 2.47. The molecule has 1 aromatic rings. The molecule has 4 nitrogen and oxygen atoms in total. The van der Waals surface area contributed by atoms with Gasteiger partial charge in [-0.3, -0.25) is 4.72 Å². The molecular formula is C6H6N2O2S. The molecule has 0 spiro atoms. The largest absolute Gasteiger partial charge is 0.352 e. The van der Waals surface area contributed by atoms with Crippen LogP contribution in [0.1, 0.15) is 0 Å². The molecule has 0 amide bonds. The monoisotopic (exact) mass is 170 g/mol. The molecule has 5 heteroatoms. The van der Waals surface area contributed by atoms with Gasteiger partial charge in [-0.25, -0.2) is 10.1 Å². The number of rotatable bonds is 3. The molecule has 1 rings (SSSR count). The first-order valence-corrected chi connectivity index (χ1v) is 3.69. The Morgan fingerprint density at radius 2 is 2.00 bits per heavy atom. The number of nitrogens with zero attached hydrogens (tertiary/aromatic N) is 1. The van der Waals surface area contributed by atoms with Crippen LogP contribution in [0, 0.1) is 10.1 Å². The summed E-state index contributed by atoms with van der Waals surface area (Å²) in [5, 5.41) is 9.88. The number of nitrogens with one attached hydrogen (secondary N) is 1. The van der Waals surface area contributed by atoms with E-state index in [0.717, 1.165) is 5.69 Å². The van der Waals surface area contributed by atoms with Gasteiger partial charge in [0.15, 0.2) is 0 Å². The summed E-state index contributed by atoms with van der Waals surface area (Å²) in [4.78, 5) is 9.88. The lowest BCUT2D eigenvalue weighted by atomic mass is 10.3. The van der Waals surface area contributed by atoms with Gasteiger partial charge < -0.3 is 0 Å². The van der Waals surface area contributed by atoms with E-state index in [9.17, 15) is 10.1 Å². The van der Waals surface area contributed by atoms with Crippen LogP contribution in [-0.2, 0) is 0 Å². The summed E-state index contributed by atoms with van der Waals surface area (Å²) in [6.07, 6.45) is 0. The highest BCUT2D eigenvalue weighted by Crippen LogP contribution is 2.10. The minimum Gasteiger partial charge on any atom is -0.268 e. The van der Waals surface area contributed by atoms with Crippen molar-refractivity contribution in [2.75, 3.05) is 4.72 Å². The maximum Gasteiger partial charge on any atom is 0.352 e. The van der Waals surface area contributed by atoms with Crippen molar-refractivity contribution in [1.82, 2.24) is 0 Å². The van der Waals surface area contributed by atoms with Crippen LogP contribution in [0.5, 0.6) is 0 Å². The van der Waals surface area contributed by atoms with Crippen molar-refractivity contribution in [2.24, 2.45) is 0 Å². The Morgan fingerprint density at radius 3 is 2.55 bits per heavy atom. The number of para-hydroxylation sites is 1. The Hall–Kier alpha value is -1.23. The van der Waals surface area contributed by atoms with E-state index in [1.165, 1.54) is 0 Å². The first kappa shape index (κ1) is 7.87. The molecule has 0 aromatic heterocycles. The summed E-state index contributed by atoms with van der Waals surface area (Å²) in [5.41, 5.74) is 0.731. The van der Waals surface area contributed by atoms with Crippen molar-refractivity contribution >= 4 is 17.8 Å². The van der Waals surface area contributed by atoms with Crippen LogP contribution in [0.15, 0.2) is 30.3 Å². The normalized spacial score (nSPS) is 9.09. The fraction of sp³-hybridized carbons (Fsp3) is 0. The molecular weight excluding hydrogens is 164 g/mol. The molecule has 0 unspecified atom stereocenters. The zero-order valence-electron chi connectivity index (χ0n) is 5.56. The number of hydrogen-bond donors (Lipinski definition) is 1. The van der Waals surface area contributed by atoms with Crippen LogP contribution < -0.4 is 4.72 Å². The number of anilines is 1. The van der Waals surface area contributed by atoms with Crippen LogP contribution in [0.25, 0.3) is 0 Å². The zero-order chi connectivity index (χ0) is 8.10. The molecule has 0 fully saturated rings. The summed E-state index contributed by atoms with van der Waals surface area (Å²) >= 11 is 0.457. The molecule has 0 aliphatic rings. The topological polar surface area (TPSA) is 55.2 Å². The van der Waals surface area contributed by atoms with Crippen LogP contribution >= 0.6 is 12.1 Å². The maximum atomic E-state index is 9.88. The summed E-state index contributed by atoms with van der Waals surface area (Å²) in [6, 6.07) is 8.99. The first-order chi connectivity index (χ1) is 5.29. The molecule has 0 saturated carbocycles. The van der Waals surface area contributed by atoms with Crippen molar-refractivity contribution in [1.29, 1.82) is 0 Å². The van der Waals surface area contributed by atoms with Crippen molar-refractivity contribution in [3.63, 3.8) is 0 Å². The molecule has 58 valence electrons. The minimum atomic E-state index is -0.493. The van der Waals surface area contributed by atoms with E-state index in [4.69, 9.17) is 0 Å². The van der Waals surface area contributed by atoms with Gasteiger partial charge in [-0.15, -0.1) is 0 Å². The lowest BCUT2D eigenvalue weighted by molar-refractivity contribution is -0.283. The van der Waals surface area contributed by atoms with Gasteiger partial charge in [0.2, 0.25) is 0 Å². The average Bonchev–Trinajstić information content (AvgIpc) is 2.03. The van der Waals surface area contributed by atoms with Gasteiger partial charge in [0, 0.05) is 5.69 Å². The summed E-state index contributed by atoms with van der Waals surface area (Å²) in [7, 11) is 0. The van der Waals surface area contributed by atoms with E-state index in [2.05, 4.69) is 4.72 Å². The van der Waals surface area contributed by atoms with Gasteiger partial charge in [0.1, 0.15) is 4.33 Å². The number of nitro groups is 1. The lowest BCUT2D eigenvalue weighted by Crippen LogP contribution is -1.92. The van der Waals surface area contributed by atoms with Gasteiger partial charge in [-0.1, -0.05) is 18.2 Å². The predicted molar refractivity (Wildman–Crippen MR) is 44.7 cm³/mol. The third-order valence-corrected chi connectivity index (χ3v) is 1.49. The van der Waals surface area contributed by atoms with Crippen LogP contribution in [0.2, 0.25) is 0 Å². The molecule has 0 heterocycles. The second-order valence-electron chi connectivity index (χ2n) is 1.78. The van der Waals surface area contributed by atoms with Crippen LogP contribution in [0.4, 0.5) is 5.69 Å². The van der Waals surface area contributed by atoms with E-state index in [0.29, 0.717) is 12.1 Å². The Balaban J connectivity index is 2.45. The van der Waals surface area contributed by atoms with E-state index in [1.807, 2.05) is 18.2 Å². The van der Waals surface area contributed by atoms with Crippen molar-refractivity contribution in [3.8, 4) is 0 Å². The van der Waals surface area contributed by atoms with E-state index in [-0.39, 0.29) is 0 Å². The van der Waals surface area contributed by atoms with Gasteiger partial charge in [0.25, 0.3) is 0 Å². The van der Waals surface area contributed by atoms with Crippen molar-refractivity contribution in [2.45, 2.75) is 0 Å². The molecule has 0 aliphatic heterocycles. The van der Waals surface area contributed by atoms with E-state index in [1.54, 1.807) is 12.1 Å². The summed E-state index contributed by atoms with van der Waals surface area (Å²) in [6.45, 7) is 0. The van der Waals surface area contributed by atoms with E-state index < -0.39 is 4.33 Å². The Morgan fingerprint density at radius 1 is 1.36 bits per heavy atom. The third-order valence-electron chi connectivity index (χ3n) is 1.01. The fourth-order valence-corrected chi connectivity index (χ4v) is 0.912. The SMILES string of the molecule is O=[N+]([O-])SNc1ccccc1. The number of benzene rings is 1. The summed E-state index contributed by atoms with van der Waals surface area (Å²) < 4.78 is 2.07. The van der Waals surface area contributed by atoms with Crippen LogP contribution in [-0.4, -0.2) is 4.33 Å². The Kier molecular flexibility index (Phi) is 2.74. The molecule has 0 aliphatic carbocycles. The average molecular weight is 170 g/mol. The predicted octanol–water partition coefficient (Wildman–Crippen LogP) is 1.94. The highest BCUT2D eigenvalue weighted by atomic mass is 32.2. The highest BCUT2D eigenvalue weighted by Gasteiger charge is 1.98. The smallest absolute Gasteiger partial charge is 0.268 e. The fourth-order valence-electron chi connectivity index (χ4n) is 0.596. The Labute approximate surface area is 68.0 Å². The molecule has 0 atom stereocenters. The van der Waals surface area contributed by atoms with Crippen LogP contribution in [0.3, 0.4) is 0 Å². The molecule has 1 aromatic carbocycles. The molecule has 0 bridgehead atoms. The van der Waals surface area contributed by atoms with Crippen molar-refractivity contribution in [3.05, 3.63) is 40.4 Å². The summed E-state index contributed by atoms with van der Waals surface area (Å²) in [5.74, 6) is 0. The van der Waals surface area contributed by atoms with E-state index >= 15 is 0 Å². The zero-order valence-corrected chi connectivity index (χ0v) is 6.38. The van der Waals surface area contributed by atoms with Crippen molar-refractivity contribution < 1.29 is 4.33 Å². The lowest BCUT2D eigenvalue weighted by Gasteiger charge is -1.95. The Bertz CT molecular complexity index is 240. The highest BCUT2D eigenvalue weighted by molar-refractivity contribution is 7.94. The number of hydrogen-bond acceptors (Lipinski definition) is 4. The molecule has 0 radical (unpaired) electrons. The maximum absolute atomic E-state index is 9.88. The van der Waals surface area contributed by atoms with Gasteiger partial charge in [-0.2, -0.15) is 0 Å². The molecule has 1 N–H and O–H groups in total. The quantitative estimate of drug-likeness (QED) is 0.428. The first-order valence-electron chi connectivity index (χ1n) is 2.91. The van der Waals surface area contributed by atoms with Gasteiger partial charge >= 0.3 is 12.1 Å². The van der Waals surface area contributed by atoms with Gasteiger partial charge in [-0.05, 0) is 12.1 Å². The standard InChI is InChI=1S/C6H6N2O2S/c9-8(10)11-7-6-4-2-1-3-5-6/h1-5,7H. The molecule has 11 heavy (non-hydrogen) atoms. The minimum absolute atomic E-state index is 0.457. The second kappa shape index (κ2) is 3.82. The molecule has 0 saturated heterocycles. The van der Waals surface area contributed by atoms with Gasteiger partial charge in [0.05, 0.1) is 0 Å².